The number of nitro benzene ring substituents is 1. The van der Waals surface area contributed by atoms with E-state index < -0.39 is 10.7 Å². The third-order valence-electron chi connectivity index (χ3n) is 5.62. The van der Waals surface area contributed by atoms with Crippen molar-refractivity contribution in [2.75, 3.05) is 12.4 Å². The topological polar surface area (TPSA) is 93.9 Å². The van der Waals surface area contributed by atoms with Gasteiger partial charge in [0.2, 0.25) is 0 Å². The van der Waals surface area contributed by atoms with E-state index in [1.165, 1.54) is 17.0 Å². The molecule has 2 aromatic carbocycles. The Balaban J connectivity index is 1.44. The lowest BCUT2D eigenvalue weighted by molar-refractivity contribution is -0.384. The first kappa shape index (κ1) is 19.0. The van der Waals surface area contributed by atoms with Gasteiger partial charge in [-0.25, -0.2) is 4.79 Å². The van der Waals surface area contributed by atoms with Crippen LogP contribution in [0.1, 0.15) is 44.2 Å². The van der Waals surface area contributed by atoms with Gasteiger partial charge >= 0.3 is 6.03 Å². The number of ether oxygens (including phenoxy) is 2. The molecular formula is C21H23N3O5. The minimum absolute atomic E-state index is 0.000212. The molecule has 1 unspecified atom stereocenters. The second-order valence-electron chi connectivity index (χ2n) is 7.55. The molecule has 0 aromatic heterocycles. The highest BCUT2D eigenvalue weighted by Gasteiger charge is 2.44. The zero-order chi connectivity index (χ0) is 20.6. The van der Waals surface area contributed by atoms with Gasteiger partial charge in [-0.15, -0.1) is 0 Å². The number of anilines is 1. The molecule has 4 rings (SSSR count). The summed E-state index contributed by atoms with van der Waals surface area (Å²) in [6.45, 7) is 1.82. The number of nitrogens with one attached hydrogen (secondary N) is 1. The summed E-state index contributed by atoms with van der Waals surface area (Å²) >= 11 is 0. The molecule has 2 aliphatic rings. The van der Waals surface area contributed by atoms with Crippen LogP contribution < -0.4 is 14.8 Å². The van der Waals surface area contributed by atoms with Crippen molar-refractivity contribution >= 4 is 17.4 Å². The SMILES string of the molecule is CC(c1cccc([N+](=O)[O-])c1)N(C)C(=O)Nc1ccc2c(c1)OC1(CCCC1)O2. The zero-order valence-electron chi connectivity index (χ0n) is 16.4. The fourth-order valence-electron chi connectivity index (χ4n) is 3.80. The maximum atomic E-state index is 12.7. The lowest BCUT2D eigenvalue weighted by Gasteiger charge is -2.25. The third-order valence-corrected chi connectivity index (χ3v) is 5.62. The molecule has 152 valence electrons. The van der Waals surface area contributed by atoms with Gasteiger partial charge in [-0.05, 0) is 37.5 Å². The lowest BCUT2D eigenvalue weighted by atomic mass is 10.1. The van der Waals surface area contributed by atoms with E-state index in [0.29, 0.717) is 22.7 Å². The normalized spacial score (nSPS) is 17.2. The Labute approximate surface area is 168 Å². The zero-order valence-corrected chi connectivity index (χ0v) is 16.4. The molecule has 0 saturated heterocycles. The third kappa shape index (κ3) is 3.70. The second kappa shape index (κ2) is 7.27. The summed E-state index contributed by atoms with van der Waals surface area (Å²) in [6, 6.07) is 11.0. The highest BCUT2D eigenvalue weighted by atomic mass is 16.7. The van der Waals surface area contributed by atoms with Gasteiger partial charge in [-0.3, -0.25) is 10.1 Å². The van der Waals surface area contributed by atoms with Gasteiger partial charge in [0.25, 0.3) is 11.5 Å². The number of benzene rings is 2. The molecule has 1 aliphatic carbocycles. The Morgan fingerprint density at radius 2 is 1.90 bits per heavy atom. The second-order valence-corrected chi connectivity index (χ2v) is 7.55. The highest BCUT2D eigenvalue weighted by Crippen LogP contribution is 2.47. The van der Waals surface area contributed by atoms with Crippen LogP contribution in [0.3, 0.4) is 0 Å². The number of hydrogen-bond donors (Lipinski definition) is 1. The molecule has 0 radical (unpaired) electrons. The first-order valence-electron chi connectivity index (χ1n) is 9.67. The van der Waals surface area contributed by atoms with Gasteiger partial charge < -0.3 is 19.7 Å². The van der Waals surface area contributed by atoms with E-state index in [0.717, 1.165) is 25.7 Å². The number of urea groups is 1. The van der Waals surface area contributed by atoms with E-state index >= 15 is 0 Å². The number of nitro groups is 1. The van der Waals surface area contributed by atoms with Crippen LogP contribution in [-0.2, 0) is 0 Å². The van der Waals surface area contributed by atoms with Crippen molar-refractivity contribution in [2.45, 2.75) is 44.4 Å². The number of amides is 2. The van der Waals surface area contributed by atoms with Gasteiger partial charge in [-0.1, -0.05) is 12.1 Å². The number of hydrogen-bond acceptors (Lipinski definition) is 5. The number of nitrogens with zero attached hydrogens (tertiary/aromatic N) is 2. The number of carbonyl (C=O) groups is 1. The number of non-ortho nitro benzene ring substituents is 1. The molecule has 29 heavy (non-hydrogen) atoms. The van der Waals surface area contributed by atoms with Gasteiger partial charge in [0.15, 0.2) is 11.5 Å². The number of rotatable bonds is 4. The molecule has 0 bridgehead atoms. The molecule has 1 N–H and O–H groups in total. The first-order chi connectivity index (χ1) is 13.9. The Hall–Kier alpha value is -3.29. The van der Waals surface area contributed by atoms with Crippen LogP contribution in [0.4, 0.5) is 16.2 Å². The molecule has 1 atom stereocenters. The van der Waals surface area contributed by atoms with E-state index in [-0.39, 0.29) is 17.8 Å². The van der Waals surface area contributed by atoms with Gasteiger partial charge in [0, 0.05) is 43.8 Å². The smallest absolute Gasteiger partial charge is 0.322 e. The van der Waals surface area contributed by atoms with Crippen molar-refractivity contribution in [3.63, 3.8) is 0 Å². The monoisotopic (exact) mass is 397 g/mol. The van der Waals surface area contributed by atoms with E-state index in [1.807, 2.05) is 13.0 Å². The fourth-order valence-corrected chi connectivity index (χ4v) is 3.80. The average Bonchev–Trinajstić information content (AvgIpc) is 3.32. The predicted molar refractivity (Wildman–Crippen MR) is 107 cm³/mol. The van der Waals surface area contributed by atoms with Crippen LogP contribution in [0, 0.1) is 10.1 Å². The summed E-state index contributed by atoms with van der Waals surface area (Å²) in [4.78, 5) is 24.8. The summed E-state index contributed by atoms with van der Waals surface area (Å²) in [6.07, 6.45) is 3.90. The highest BCUT2D eigenvalue weighted by molar-refractivity contribution is 5.90. The Morgan fingerprint density at radius 1 is 1.17 bits per heavy atom. The van der Waals surface area contributed by atoms with Gasteiger partial charge in [0.05, 0.1) is 11.0 Å². The van der Waals surface area contributed by atoms with Crippen molar-refractivity contribution in [3.05, 3.63) is 58.1 Å². The van der Waals surface area contributed by atoms with Crippen LogP contribution in [0.2, 0.25) is 0 Å². The molecule has 2 aromatic rings. The maximum Gasteiger partial charge on any atom is 0.322 e. The molecule has 1 aliphatic heterocycles. The Kier molecular flexibility index (Phi) is 4.77. The van der Waals surface area contributed by atoms with Crippen LogP contribution in [0.15, 0.2) is 42.5 Å². The Bertz CT molecular complexity index is 955. The molecule has 1 spiro atoms. The van der Waals surface area contributed by atoms with Gasteiger partial charge in [-0.2, -0.15) is 0 Å². The van der Waals surface area contributed by atoms with Crippen molar-refractivity contribution in [3.8, 4) is 11.5 Å². The quantitative estimate of drug-likeness (QED) is 0.587. The van der Waals surface area contributed by atoms with Gasteiger partial charge in [0.1, 0.15) is 0 Å². The van der Waals surface area contributed by atoms with Crippen LogP contribution in [0.25, 0.3) is 0 Å². The summed E-state index contributed by atoms with van der Waals surface area (Å²) in [7, 11) is 1.65. The molecule has 8 heteroatoms. The van der Waals surface area contributed by atoms with Crippen LogP contribution >= 0.6 is 0 Å². The molecule has 1 heterocycles. The maximum absolute atomic E-state index is 12.7. The number of fused-ring (bicyclic) bond motifs is 1. The van der Waals surface area contributed by atoms with Crippen molar-refractivity contribution in [1.29, 1.82) is 0 Å². The fraction of sp³-hybridized carbons (Fsp3) is 0.381. The van der Waals surface area contributed by atoms with Crippen LogP contribution in [0.5, 0.6) is 11.5 Å². The summed E-state index contributed by atoms with van der Waals surface area (Å²) < 4.78 is 12.0. The minimum Gasteiger partial charge on any atom is -0.448 e. The van der Waals surface area contributed by atoms with E-state index in [4.69, 9.17) is 9.47 Å². The van der Waals surface area contributed by atoms with Crippen molar-refractivity contribution in [1.82, 2.24) is 4.90 Å². The first-order valence-corrected chi connectivity index (χ1v) is 9.67. The lowest BCUT2D eigenvalue weighted by Crippen LogP contribution is -2.34. The molecular weight excluding hydrogens is 374 g/mol. The average molecular weight is 397 g/mol. The largest absolute Gasteiger partial charge is 0.448 e. The minimum atomic E-state index is -0.543. The van der Waals surface area contributed by atoms with Crippen molar-refractivity contribution < 1.29 is 19.2 Å². The number of carbonyl (C=O) groups excluding carboxylic acids is 1. The summed E-state index contributed by atoms with van der Waals surface area (Å²) in [5, 5.41) is 13.9. The van der Waals surface area contributed by atoms with Crippen LogP contribution in [-0.4, -0.2) is 28.7 Å². The summed E-state index contributed by atoms with van der Waals surface area (Å²) in [5.74, 6) is 0.792. The molecule has 2 amide bonds. The van der Waals surface area contributed by atoms with E-state index in [2.05, 4.69) is 5.32 Å². The van der Waals surface area contributed by atoms with Crippen molar-refractivity contribution in [2.24, 2.45) is 0 Å². The Morgan fingerprint density at radius 3 is 2.62 bits per heavy atom. The standard InChI is InChI=1S/C21H23N3O5/c1-14(15-6-5-7-17(12-15)24(26)27)23(2)20(25)22-16-8-9-18-19(13-16)29-21(28-18)10-3-4-11-21/h5-9,12-14H,3-4,10-11H2,1-2H3,(H,22,25). The molecule has 1 fully saturated rings. The summed E-state index contributed by atoms with van der Waals surface area (Å²) in [5.41, 5.74) is 1.29. The molecule has 1 saturated carbocycles. The van der Waals surface area contributed by atoms with E-state index in [9.17, 15) is 14.9 Å². The van der Waals surface area contributed by atoms with E-state index in [1.54, 1.807) is 31.3 Å². The predicted octanol–water partition coefficient (Wildman–Crippen LogP) is 4.86. The molecule has 8 nitrogen and oxygen atoms in total.